The van der Waals surface area contributed by atoms with Crippen molar-refractivity contribution in [2.45, 2.75) is 45.9 Å². The zero-order chi connectivity index (χ0) is 26.9. The predicted octanol–water partition coefficient (Wildman–Crippen LogP) is 4.71. The summed E-state index contributed by atoms with van der Waals surface area (Å²) in [5.41, 5.74) is 2.25. The van der Waals surface area contributed by atoms with Gasteiger partial charge in [-0.2, -0.15) is 0 Å². The number of aryl methyl sites for hydroxylation is 1. The van der Waals surface area contributed by atoms with Gasteiger partial charge >= 0.3 is 12.1 Å². The van der Waals surface area contributed by atoms with E-state index in [1.165, 1.54) is 0 Å². The molecule has 0 unspecified atom stereocenters. The van der Waals surface area contributed by atoms with Gasteiger partial charge in [-0.1, -0.05) is 24.3 Å². The van der Waals surface area contributed by atoms with E-state index >= 15 is 0 Å². The molecule has 1 heterocycles. The Balaban J connectivity index is 1.79. The van der Waals surface area contributed by atoms with Gasteiger partial charge in [0.25, 0.3) is 5.91 Å². The first-order chi connectivity index (χ1) is 17.5. The van der Waals surface area contributed by atoms with Crippen LogP contribution in [0.15, 0.2) is 48.5 Å². The van der Waals surface area contributed by atoms with Crippen LogP contribution in [0.1, 0.15) is 42.3 Å². The number of benzene rings is 3. The van der Waals surface area contributed by atoms with E-state index in [1.54, 1.807) is 57.9 Å². The zero-order valence-corrected chi connectivity index (χ0v) is 21.5. The number of nitrogens with one attached hydrogen (secondary N) is 2. The number of ether oxygens (including phenoxy) is 2. The Labute approximate surface area is 215 Å². The molecule has 3 aromatic rings. The largest absolute Gasteiger partial charge is 0.496 e. The molecule has 3 N–H and O–H groups in total. The molecule has 9 nitrogen and oxygen atoms in total. The number of anilines is 2. The molecule has 3 aromatic carbocycles. The first-order valence-electron chi connectivity index (χ1n) is 12.0. The Morgan fingerprint density at radius 3 is 2.49 bits per heavy atom. The number of carbonyl (C=O) groups is 3. The maximum absolute atomic E-state index is 13.9. The highest BCUT2D eigenvalue weighted by Crippen LogP contribution is 2.36. The van der Waals surface area contributed by atoms with E-state index in [0.29, 0.717) is 17.0 Å². The van der Waals surface area contributed by atoms with Crippen LogP contribution in [-0.4, -0.2) is 48.4 Å². The fourth-order valence-electron chi connectivity index (χ4n) is 4.53. The van der Waals surface area contributed by atoms with Gasteiger partial charge in [0.1, 0.15) is 17.4 Å². The van der Waals surface area contributed by atoms with Crippen molar-refractivity contribution in [3.63, 3.8) is 0 Å². The third kappa shape index (κ3) is 5.30. The van der Waals surface area contributed by atoms with Crippen LogP contribution in [0.25, 0.3) is 10.8 Å². The van der Waals surface area contributed by atoms with Crippen LogP contribution in [0.3, 0.4) is 0 Å². The molecule has 1 aliphatic rings. The third-order valence-corrected chi connectivity index (χ3v) is 6.25. The number of nitrogens with zero attached hydrogens (tertiary/aromatic N) is 1. The van der Waals surface area contributed by atoms with E-state index in [2.05, 4.69) is 10.6 Å². The Bertz CT molecular complexity index is 1380. The number of alkyl carbamates (subject to hydrolysis) is 1. The highest BCUT2D eigenvalue weighted by atomic mass is 16.6. The van der Waals surface area contributed by atoms with E-state index < -0.39 is 23.7 Å². The second-order valence-electron chi connectivity index (χ2n) is 9.91. The number of aromatic carboxylic acids is 1. The summed E-state index contributed by atoms with van der Waals surface area (Å²) in [7, 11) is 1.55. The van der Waals surface area contributed by atoms with Crippen LogP contribution in [0, 0.1) is 6.92 Å². The van der Waals surface area contributed by atoms with E-state index in [4.69, 9.17) is 9.47 Å². The molecule has 1 aliphatic heterocycles. The molecule has 0 radical (unpaired) electrons. The maximum Gasteiger partial charge on any atom is 0.408 e. The van der Waals surface area contributed by atoms with E-state index in [1.807, 2.05) is 30.3 Å². The minimum absolute atomic E-state index is 0.135. The number of carbonyl (C=O) groups excluding carboxylic acids is 2. The lowest BCUT2D eigenvalue weighted by Crippen LogP contribution is -2.51. The van der Waals surface area contributed by atoms with E-state index in [-0.39, 0.29) is 24.6 Å². The molecule has 0 aliphatic carbocycles. The normalized spacial score (nSPS) is 15.4. The predicted molar refractivity (Wildman–Crippen MR) is 141 cm³/mol. The summed E-state index contributed by atoms with van der Waals surface area (Å²) in [6.07, 6.45) is -0.682. The second kappa shape index (κ2) is 10.0. The first-order valence-corrected chi connectivity index (χ1v) is 12.0. The van der Waals surface area contributed by atoms with Crippen molar-refractivity contribution < 1.29 is 29.0 Å². The number of methoxy groups -OCH3 is 1. The summed E-state index contributed by atoms with van der Waals surface area (Å²) in [4.78, 5) is 39.7. The van der Waals surface area contributed by atoms with Gasteiger partial charge in [0.2, 0.25) is 0 Å². The summed E-state index contributed by atoms with van der Waals surface area (Å²) in [6.45, 7) is 7.35. The number of amides is 2. The maximum atomic E-state index is 13.9. The van der Waals surface area contributed by atoms with Gasteiger partial charge in [0.15, 0.2) is 0 Å². The van der Waals surface area contributed by atoms with Crippen LogP contribution in [0.2, 0.25) is 0 Å². The highest BCUT2D eigenvalue weighted by molar-refractivity contribution is 6.04. The molecule has 0 bridgehead atoms. The lowest BCUT2D eigenvalue weighted by atomic mass is 9.95. The molecule has 194 valence electrons. The average Bonchev–Trinajstić information content (AvgIpc) is 2.95. The van der Waals surface area contributed by atoms with Gasteiger partial charge in [0.05, 0.1) is 30.6 Å². The Morgan fingerprint density at radius 1 is 1.11 bits per heavy atom. The van der Waals surface area contributed by atoms with E-state index in [0.717, 1.165) is 22.0 Å². The van der Waals surface area contributed by atoms with Crippen molar-refractivity contribution in [1.82, 2.24) is 5.32 Å². The minimum atomic E-state index is -1.00. The third-order valence-electron chi connectivity index (χ3n) is 6.25. The summed E-state index contributed by atoms with van der Waals surface area (Å²) >= 11 is 0. The standard InChI is InChI=1S/C28H31N3O6/c1-16-17-12-13-24(36-5)20(19(17)11-10-18(16)26(33)34)15-31-23-9-7-6-8-21(23)29-14-22(25(31)32)30-27(35)37-28(2,3)4/h6-13,22,29H,14-15H2,1-5H3,(H,30,35)(H,33,34)/t22-/m0/s1. The number of carboxylic acid groups (broad SMARTS) is 1. The quantitative estimate of drug-likeness (QED) is 0.460. The number of para-hydroxylation sites is 2. The Hall–Kier alpha value is -4.27. The fourth-order valence-corrected chi connectivity index (χ4v) is 4.53. The SMILES string of the molecule is COc1ccc2c(C)c(C(=O)O)ccc2c1CN1C(=O)[C@@H](NC(=O)OC(C)(C)C)CNc2ccccc21. The average molecular weight is 506 g/mol. The number of carboxylic acids is 1. The summed E-state index contributed by atoms with van der Waals surface area (Å²) in [5, 5.41) is 17.1. The molecule has 1 atom stereocenters. The molecule has 0 spiro atoms. The van der Waals surface area contributed by atoms with Crippen molar-refractivity contribution in [2.24, 2.45) is 0 Å². The molecule has 37 heavy (non-hydrogen) atoms. The molecule has 2 amide bonds. The van der Waals surface area contributed by atoms with E-state index in [9.17, 15) is 19.5 Å². The van der Waals surface area contributed by atoms with Gasteiger partial charge in [-0.15, -0.1) is 0 Å². The molecule has 0 aromatic heterocycles. The van der Waals surface area contributed by atoms with Crippen molar-refractivity contribution in [2.75, 3.05) is 23.9 Å². The summed E-state index contributed by atoms with van der Waals surface area (Å²) < 4.78 is 11.0. The van der Waals surface area contributed by atoms with Crippen LogP contribution in [0.4, 0.5) is 16.2 Å². The lowest BCUT2D eigenvalue weighted by molar-refractivity contribution is -0.120. The van der Waals surface area contributed by atoms with Crippen LogP contribution in [-0.2, 0) is 16.1 Å². The molecule has 9 heteroatoms. The molecule has 0 saturated carbocycles. The van der Waals surface area contributed by atoms with Crippen molar-refractivity contribution >= 4 is 40.1 Å². The molecule has 0 fully saturated rings. The monoisotopic (exact) mass is 505 g/mol. The minimum Gasteiger partial charge on any atom is -0.496 e. The zero-order valence-electron chi connectivity index (χ0n) is 21.5. The van der Waals surface area contributed by atoms with Crippen LogP contribution < -0.4 is 20.3 Å². The van der Waals surface area contributed by atoms with Gasteiger partial charge in [-0.05, 0) is 68.3 Å². The second-order valence-corrected chi connectivity index (χ2v) is 9.91. The number of hydrogen-bond acceptors (Lipinski definition) is 6. The Kier molecular flexibility index (Phi) is 6.98. The van der Waals surface area contributed by atoms with Gasteiger partial charge in [-0.3, -0.25) is 4.79 Å². The lowest BCUT2D eigenvalue weighted by Gasteiger charge is -2.28. The Morgan fingerprint density at radius 2 is 1.81 bits per heavy atom. The van der Waals surface area contributed by atoms with Gasteiger partial charge < -0.3 is 30.1 Å². The number of rotatable bonds is 5. The molecule has 4 rings (SSSR count). The highest BCUT2D eigenvalue weighted by Gasteiger charge is 2.33. The first kappa shape index (κ1) is 25.8. The molecular weight excluding hydrogens is 474 g/mol. The molecular formula is C28H31N3O6. The number of fused-ring (bicyclic) bond motifs is 2. The van der Waals surface area contributed by atoms with Crippen molar-refractivity contribution in [3.8, 4) is 5.75 Å². The molecule has 0 saturated heterocycles. The number of hydrogen-bond donors (Lipinski definition) is 3. The summed E-state index contributed by atoms with van der Waals surface area (Å²) in [6, 6.07) is 13.4. The summed E-state index contributed by atoms with van der Waals surface area (Å²) in [5.74, 6) is -0.758. The van der Waals surface area contributed by atoms with Crippen LogP contribution in [0.5, 0.6) is 5.75 Å². The fraction of sp³-hybridized carbons (Fsp3) is 0.321. The van der Waals surface area contributed by atoms with Gasteiger partial charge in [0, 0.05) is 12.1 Å². The smallest absolute Gasteiger partial charge is 0.408 e. The van der Waals surface area contributed by atoms with Crippen molar-refractivity contribution in [1.29, 1.82) is 0 Å². The van der Waals surface area contributed by atoms with Crippen LogP contribution >= 0.6 is 0 Å². The van der Waals surface area contributed by atoms with Crippen molar-refractivity contribution in [3.05, 3.63) is 65.2 Å². The topological polar surface area (TPSA) is 117 Å². The van der Waals surface area contributed by atoms with Gasteiger partial charge in [-0.25, -0.2) is 9.59 Å².